The normalized spacial score (nSPS) is 10.7. The van der Waals surface area contributed by atoms with Crippen LogP contribution in [0.4, 0.5) is 0 Å². The van der Waals surface area contributed by atoms with Gasteiger partial charge in [-0.25, -0.2) is 4.79 Å². The third kappa shape index (κ3) is 4.77. The number of benzene rings is 2. The zero-order valence-corrected chi connectivity index (χ0v) is 14.6. The van der Waals surface area contributed by atoms with Gasteiger partial charge in [0.2, 0.25) is 0 Å². The molecule has 0 aliphatic heterocycles. The Balaban J connectivity index is 2.02. The molecule has 0 saturated carbocycles. The van der Waals surface area contributed by atoms with Gasteiger partial charge in [0.25, 0.3) is 0 Å². The maximum Gasteiger partial charge on any atom is 0.331 e. The Bertz CT molecular complexity index is 753. The molecular formula is C19H19ClO4. The lowest BCUT2D eigenvalue weighted by atomic mass is 10.1. The molecule has 0 spiro atoms. The monoisotopic (exact) mass is 346 g/mol. The number of aryl methyl sites for hydroxylation is 1. The quantitative estimate of drug-likeness (QED) is 0.573. The van der Waals surface area contributed by atoms with E-state index in [4.69, 9.17) is 25.8 Å². The molecule has 0 aliphatic carbocycles. The molecule has 0 heterocycles. The second kappa shape index (κ2) is 8.41. The van der Waals surface area contributed by atoms with Crippen LogP contribution in [-0.4, -0.2) is 20.2 Å². The van der Waals surface area contributed by atoms with Crippen LogP contribution < -0.4 is 9.47 Å². The summed E-state index contributed by atoms with van der Waals surface area (Å²) in [5, 5.41) is 0.407. The third-order valence-electron chi connectivity index (χ3n) is 3.33. The average molecular weight is 347 g/mol. The molecule has 126 valence electrons. The van der Waals surface area contributed by atoms with Crippen LogP contribution in [0.15, 0.2) is 42.5 Å². The Morgan fingerprint density at radius 2 is 1.96 bits per heavy atom. The lowest BCUT2D eigenvalue weighted by molar-refractivity contribution is -0.138. The van der Waals surface area contributed by atoms with E-state index in [0.29, 0.717) is 22.1 Å². The number of esters is 1. The van der Waals surface area contributed by atoms with Crippen molar-refractivity contribution in [1.82, 2.24) is 0 Å². The van der Waals surface area contributed by atoms with Crippen LogP contribution in [0.2, 0.25) is 5.02 Å². The Labute approximate surface area is 146 Å². The molecule has 0 aromatic heterocycles. The summed E-state index contributed by atoms with van der Waals surface area (Å²) in [5.74, 6) is 0.526. The summed E-state index contributed by atoms with van der Waals surface area (Å²) in [6, 6.07) is 11.2. The predicted molar refractivity (Wildman–Crippen MR) is 94.6 cm³/mol. The maximum atomic E-state index is 11.8. The molecule has 2 rings (SSSR count). The number of hydrogen-bond donors (Lipinski definition) is 0. The van der Waals surface area contributed by atoms with Crippen molar-refractivity contribution in [3.63, 3.8) is 0 Å². The second-order valence-electron chi connectivity index (χ2n) is 5.17. The van der Waals surface area contributed by atoms with Crippen molar-refractivity contribution in [1.29, 1.82) is 0 Å². The average Bonchev–Trinajstić information content (AvgIpc) is 2.57. The molecule has 0 atom stereocenters. The van der Waals surface area contributed by atoms with Gasteiger partial charge >= 0.3 is 5.97 Å². The fourth-order valence-corrected chi connectivity index (χ4v) is 2.50. The van der Waals surface area contributed by atoms with Crippen LogP contribution in [0.3, 0.4) is 0 Å². The summed E-state index contributed by atoms with van der Waals surface area (Å²) < 4.78 is 15.6. The fourth-order valence-electron chi connectivity index (χ4n) is 2.20. The molecule has 2 aromatic rings. The van der Waals surface area contributed by atoms with Gasteiger partial charge < -0.3 is 14.2 Å². The molecule has 0 bridgehead atoms. The van der Waals surface area contributed by atoms with E-state index in [1.807, 2.05) is 31.2 Å². The molecule has 0 radical (unpaired) electrons. The summed E-state index contributed by atoms with van der Waals surface area (Å²) >= 11 is 6.13. The first kappa shape index (κ1) is 17.9. The molecule has 0 fully saturated rings. The molecular weight excluding hydrogens is 328 g/mol. The van der Waals surface area contributed by atoms with E-state index < -0.39 is 5.97 Å². The molecule has 0 N–H and O–H groups in total. The van der Waals surface area contributed by atoms with Gasteiger partial charge in [-0.15, -0.1) is 0 Å². The molecule has 0 aliphatic rings. The number of carbonyl (C=O) groups is 1. The number of halogens is 1. The fraction of sp³-hybridized carbons (Fsp3) is 0.211. The Hall–Kier alpha value is -2.46. The van der Waals surface area contributed by atoms with Gasteiger partial charge in [0.05, 0.1) is 19.2 Å². The smallest absolute Gasteiger partial charge is 0.331 e. The van der Waals surface area contributed by atoms with E-state index in [2.05, 4.69) is 0 Å². The SMILES string of the molecule is COc1cc(/C=C/C(=O)OCc2cccc(C)c2)cc(Cl)c1OC. The lowest BCUT2D eigenvalue weighted by Crippen LogP contribution is -2.00. The Morgan fingerprint density at radius 3 is 2.62 bits per heavy atom. The molecule has 24 heavy (non-hydrogen) atoms. The van der Waals surface area contributed by atoms with E-state index in [9.17, 15) is 4.79 Å². The van der Waals surface area contributed by atoms with Gasteiger partial charge in [0, 0.05) is 6.08 Å². The van der Waals surface area contributed by atoms with E-state index >= 15 is 0 Å². The van der Waals surface area contributed by atoms with E-state index in [0.717, 1.165) is 11.1 Å². The van der Waals surface area contributed by atoms with Gasteiger partial charge in [-0.1, -0.05) is 41.4 Å². The number of ether oxygens (including phenoxy) is 3. The van der Waals surface area contributed by atoms with Crippen LogP contribution in [-0.2, 0) is 16.1 Å². The van der Waals surface area contributed by atoms with Crippen molar-refractivity contribution in [2.75, 3.05) is 14.2 Å². The van der Waals surface area contributed by atoms with Crippen LogP contribution >= 0.6 is 11.6 Å². The summed E-state index contributed by atoms with van der Waals surface area (Å²) in [5.41, 5.74) is 2.79. The first-order valence-corrected chi connectivity index (χ1v) is 7.73. The van der Waals surface area contributed by atoms with Crippen LogP contribution in [0.25, 0.3) is 6.08 Å². The predicted octanol–water partition coefficient (Wildman–Crippen LogP) is 4.42. The minimum Gasteiger partial charge on any atom is -0.493 e. The van der Waals surface area contributed by atoms with Gasteiger partial charge in [-0.2, -0.15) is 0 Å². The highest BCUT2D eigenvalue weighted by molar-refractivity contribution is 6.32. The highest BCUT2D eigenvalue weighted by Gasteiger charge is 2.10. The number of rotatable bonds is 6. The van der Waals surface area contributed by atoms with Gasteiger partial charge in [-0.05, 0) is 36.3 Å². The van der Waals surface area contributed by atoms with Crippen molar-refractivity contribution >= 4 is 23.6 Å². The van der Waals surface area contributed by atoms with Gasteiger partial charge in [-0.3, -0.25) is 0 Å². The summed E-state index contributed by atoms with van der Waals surface area (Å²) in [6.45, 7) is 2.23. The largest absolute Gasteiger partial charge is 0.493 e. The summed E-state index contributed by atoms with van der Waals surface area (Å²) in [7, 11) is 3.04. The first-order valence-electron chi connectivity index (χ1n) is 7.35. The van der Waals surface area contributed by atoms with Crippen molar-refractivity contribution < 1.29 is 19.0 Å². The van der Waals surface area contributed by atoms with Crippen LogP contribution in [0.1, 0.15) is 16.7 Å². The Kier molecular flexibility index (Phi) is 6.27. The highest BCUT2D eigenvalue weighted by atomic mass is 35.5. The number of hydrogen-bond acceptors (Lipinski definition) is 4. The van der Waals surface area contributed by atoms with E-state index in [1.165, 1.54) is 20.3 Å². The topological polar surface area (TPSA) is 44.8 Å². The standard InChI is InChI=1S/C19H19ClO4/c1-13-5-4-6-15(9-13)12-24-18(21)8-7-14-10-16(20)19(23-3)17(11-14)22-2/h4-11H,12H2,1-3H3/b8-7+. The summed E-state index contributed by atoms with van der Waals surface area (Å²) in [4.78, 5) is 11.8. The second-order valence-corrected chi connectivity index (χ2v) is 5.58. The molecule has 0 amide bonds. The molecule has 0 unspecified atom stereocenters. The van der Waals surface area contributed by atoms with E-state index in [-0.39, 0.29) is 6.61 Å². The van der Waals surface area contributed by atoms with Crippen molar-refractivity contribution in [2.45, 2.75) is 13.5 Å². The zero-order chi connectivity index (χ0) is 17.5. The highest BCUT2D eigenvalue weighted by Crippen LogP contribution is 2.36. The number of methoxy groups -OCH3 is 2. The minimum absolute atomic E-state index is 0.234. The first-order chi connectivity index (χ1) is 11.5. The molecule has 4 nitrogen and oxygen atoms in total. The Morgan fingerprint density at radius 1 is 1.17 bits per heavy atom. The molecule has 0 saturated heterocycles. The third-order valence-corrected chi connectivity index (χ3v) is 3.61. The summed E-state index contributed by atoms with van der Waals surface area (Å²) in [6.07, 6.45) is 2.97. The maximum absolute atomic E-state index is 11.8. The van der Waals surface area contributed by atoms with Gasteiger partial charge in [0.1, 0.15) is 6.61 Å². The van der Waals surface area contributed by atoms with Crippen molar-refractivity contribution in [3.8, 4) is 11.5 Å². The number of carbonyl (C=O) groups excluding carboxylic acids is 1. The van der Waals surface area contributed by atoms with Crippen LogP contribution in [0.5, 0.6) is 11.5 Å². The van der Waals surface area contributed by atoms with Crippen LogP contribution in [0, 0.1) is 6.92 Å². The van der Waals surface area contributed by atoms with E-state index in [1.54, 1.807) is 18.2 Å². The minimum atomic E-state index is -0.428. The van der Waals surface area contributed by atoms with Crippen molar-refractivity contribution in [2.24, 2.45) is 0 Å². The van der Waals surface area contributed by atoms with Crippen molar-refractivity contribution in [3.05, 3.63) is 64.2 Å². The van der Waals surface area contributed by atoms with Gasteiger partial charge in [0.15, 0.2) is 11.5 Å². The lowest BCUT2D eigenvalue weighted by Gasteiger charge is -2.10. The molecule has 5 heteroatoms. The zero-order valence-electron chi connectivity index (χ0n) is 13.8. The molecule has 2 aromatic carbocycles.